The highest BCUT2D eigenvalue weighted by atomic mass is 14.8. The molecule has 4 nitrogen and oxygen atoms in total. The number of allylic oxidation sites excluding steroid dienone is 1. The van der Waals surface area contributed by atoms with Crippen LogP contribution in [0.25, 0.3) is 0 Å². The highest BCUT2D eigenvalue weighted by Gasteiger charge is 2.11. The summed E-state index contributed by atoms with van der Waals surface area (Å²) < 4.78 is 0. The second-order valence-electron chi connectivity index (χ2n) is 7.16. The fraction of sp³-hybridized carbons (Fsp3) is 0.409. The summed E-state index contributed by atoms with van der Waals surface area (Å²) in [5.41, 5.74) is 10.2. The number of rotatable bonds is 8. The minimum absolute atomic E-state index is 0.272. The summed E-state index contributed by atoms with van der Waals surface area (Å²) in [7, 11) is 0. The molecule has 0 fully saturated rings. The van der Waals surface area contributed by atoms with Gasteiger partial charge in [-0.25, -0.2) is 0 Å². The Morgan fingerprint density at radius 3 is 2.46 bits per heavy atom. The Balaban J connectivity index is 2.00. The van der Waals surface area contributed by atoms with E-state index in [1.54, 1.807) is 6.20 Å². The Morgan fingerprint density at radius 2 is 1.81 bits per heavy atom. The third kappa shape index (κ3) is 5.80. The van der Waals surface area contributed by atoms with Crippen LogP contribution in [0, 0.1) is 5.92 Å². The first kappa shape index (κ1) is 19.8. The minimum atomic E-state index is 0.272. The molecule has 0 saturated heterocycles. The summed E-state index contributed by atoms with van der Waals surface area (Å²) in [6.07, 6.45) is 8.13. The van der Waals surface area contributed by atoms with Gasteiger partial charge in [0, 0.05) is 42.5 Å². The van der Waals surface area contributed by atoms with Gasteiger partial charge in [0.05, 0.1) is 0 Å². The fourth-order valence-electron chi connectivity index (χ4n) is 2.80. The van der Waals surface area contributed by atoms with Crippen molar-refractivity contribution in [3.8, 4) is 0 Å². The van der Waals surface area contributed by atoms with Crippen LogP contribution in [0.2, 0.25) is 0 Å². The Bertz CT molecular complexity index is 735. The van der Waals surface area contributed by atoms with Gasteiger partial charge in [-0.3, -0.25) is 15.0 Å². The summed E-state index contributed by atoms with van der Waals surface area (Å²) in [6, 6.07) is 10.4. The van der Waals surface area contributed by atoms with E-state index in [9.17, 15) is 0 Å². The van der Waals surface area contributed by atoms with Crippen molar-refractivity contribution >= 4 is 6.21 Å². The average molecular weight is 351 g/mol. The van der Waals surface area contributed by atoms with Crippen molar-refractivity contribution in [1.29, 1.82) is 0 Å². The molecule has 2 atom stereocenters. The van der Waals surface area contributed by atoms with Crippen LogP contribution < -0.4 is 5.73 Å². The highest BCUT2D eigenvalue weighted by Crippen LogP contribution is 2.20. The predicted molar refractivity (Wildman–Crippen MR) is 109 cm³/mol. The van der Waals surface area contributed by atoms with Crippen LogP contribution in [0.3, 0.4) is 0 Å². The Kier molecular flexibility index (Phi) is 7.52. The second kappa shape index (κ2) is 9.85. The van der Waals surface area contributed by atoms with Gasteiger partial charge < -0.3 is 5.73 Å². The van der Waals surface area contributed by atoms with Gasteiger partial charge in [0.2, 0.25) is 0 Å². The van der Waals surface area contributed by atoms with Gasteiger partial charge in [-0.05, 0) is 59.9 Å². The molecule has 4 heteroatoms. The number of nitrogens with two attached hydrogens (primary N) is 1. The Hall–Kier alpha value is -2.49. The molecule has 26 heavy (non-hydrogen) atoms. The molecular weight excluding hydrogens is 320 g/mol. The summed E-state index contributed by atoms with van der Waals surface area (Å²) in [5, 5.41) is 0. The lowest BCUT2D eigenvalue weighted by atomic mass is 9.96. The Morgan fingerprint density at radius 1 is 1.08 bits per heavy atom. The maximum absolute atomic E-state index is 5.65. The highest BCUT2D eigenvalue weighted by molar-refractivity contribution is 5.78. The number of hydrogen-bond acceptors (Lipinski definition) is 4. The molecule has 2 aromatic rings. The second-order valence-corrected chi connectivity index (χ2v) is 7.16. The van der Waals surface area contributed by atoms with Crippen LogP contribution in [0.4, 0.5) is 0 Å². The van der Waals surface area contributed by atoms with Crippen LogP contribution >= 0.6 is 0 Å². The number of nitrogens with zero attached hydrogens (tertiary/aromatic N) is 3. The molecule has 0 bridgehead atoms. The van der Waals surface area contributed by atoms with Gasteiger partial charge in [-0.2, -0.15) is 0 Å². The third-order valence-electron chi connectivity index (χ3n) is 4.60. The molecule has 0 aliphatic rings. The smallest absolute Gasteiger partial charge is 0.0470 e. The molecule has 2 aromatic heterocycles. The number of pyridine rings is 2. The summed E-state index contributed by atoms with van der Waals surface area (Å²) in [4.78, 5) is 13.5. The van der Waals surface area contributed by atoms with Crippen molar-refractivity contribution in [3.05, 3.63) is 71.4 Å². The molecule has 2 heterocycles. The number of aliphatic imine (C=N–C) groups is 1. The molecule has 2 unspecified atom stereocenters. The van der Waals surface area contributed by atoms with E-state index in [-0.39, 0.29) is 5.92 Å². The van der Waals surface area contributed by atoms with Crippen LogP contribution in [-0.2, 0) is 6.42 Å². The Labute approximate surface area is 157 Å². The van der Waals surface area contributed by atoms with Gasteiger partial charge in [0.25, 0.3) is 0 Å². The van der Waals surface area contributed by atoms with Crippen molar-refractivity contribution in [2.45, 2.75) is 46.0 Å². The van der Waals surface area contributed by atoms with E-state index in [4.69, 9.17) is 10.7 Å². The molecule has 0 aromatic carbocycles. The summed E-state index contributed by atoms with van der Waals surface area (Å²) in [6.45, 7) is 9.33. The minimum Gasteiger partial charge on any atom is -0.404 e. The quantitative estimate of drug-likeness (QED) is 0.713. The van der Waals surface area contributed by atoms with Crippen molar-refractivity contribution in [2.75, 3.05) is 6.54 Å². The van der Waals surface area contributed by atoms with Crippen LogP contribution in [0.5, 0.6) is 0 Å². The number of aromatic nitrogens is 2. The summed E-state index contributed by atoms with van der Waals surface area (Å²) >= 11 is 0. The van der Waals surface area contributed by atoms with Gasteiger partial charge in [0.1, 0.15) is 0 Å². The molecule has 2 N–H and O–H groups in total. The van der Waals surface area contributed by atoms with Gasteiger partial charge in [-0.1, -0.05) is 33.8 Å². The average Bonchev–Trinajstić information content (AvgIpc) is 2.65. The summed E-state index contributed by atoms with van der Waals surface area (Å²) in [5.74, 6) is 1.07. The van der Waals surface area contributed by atoms with Crippen LogP contribution in [0.1, 0.15) is 56.5 Å². The van der Waals surface area contributed by atoms with Crippen molar-refractivity contribution < 1.29 is 0 Å². The lowest BCUT2D eigenvalue weighted by molar-refractivity contribution is 0.705. The van der Waals surface area contributed by atoms with Gasteiger partial charge in [0.15, 0.2) is 0 Å². The molecule has 2 rings (SSSR count). The third-order valence-corrected chi connectivity index (χ3v) is 4.60. The van der Waals surface area contributed by atoms with Crippen molar-refractivity contribution in [1.82, 2.24) is 9.97 Å². The van der Waals surface area contributed by atoms with Gasteiger partial charge >= 0.3 is 0 Å². The van der Waals surface area contributed by atoms with Crippen LogP contribution in [0.15, 0.2) is 59.5 Å². The lowest BCUT2D eigenvalue weighted by Crippen LogP contribution is -2.06. The first-order valence-corrected chi connectivity index (χ1v) is 9.28. The maximum Gasteiger partial charge on any atom is 0.0470 e. The molecule has 0 amide bonds. The van der Waals surface area contributed by atoms with E-state index in [2.05, 4.69) is 68.0 Å². The molecule has 0 aliphatic heterocycles. The largest absolute Gasteiger partial charge is 0.404 e. The first-order chi connectivity index (χ1) is 12.5. The lowest BCUT2D eigenvalue weighted by Gasteiger charge is -2.14. The zero-order valence-corrected chi connectivity index (χ0v) is 16.3. The zero-order chi connectivity index (χ0) is 18.9. The normalized spacial score (nSPS) is 14.7. The standard InChI is InChI=1S/C22H30N4/c1-16(2)20(13-23)15-25-14-18(4)22-7-5-6-21(26-22)12-17(3)19-8-10-24-11-9-19/h5-11,13,15-18H,12,14,23H2,1-4H3. The maximum atomic E-state index is 5.65. The fourth-order valence-corrected chi connectivity index (χ4v) is 2.80. The van der Waals surface area contributed by atoms with Crippen molar-refractivity contribution in [2.24, 2.45) is 16.6 Å². The molecule has 0 saturated carbocycles. The van der Waals surface area contributed by atoms with E-state index in [1.807, 2.05) is 18.6 Å². The van der Waals surface area contributed by atoms with Crippen molar-refractivity contribution in [3.63, 3.8) is 0 Å². The van der Waals surface area contributed by atoms with Gasteiger partial charge in [-0.15, -0.1) is 0 Å². The topological polar surface area (TPSA) is 64.2 Å². The molecular formula is C22H30N4. The van der Waals surface area contributed by atoms with E-state index in [1.165, 1.54) is 5.56 Å². The first-order valence-electron chi connectivity index (χ1n) is 9.28. The monoisotopic (exact) mass is 350 g/mol. The van der Waals surface area contributed by atoms with E-state index < -0.39 is 0 Å². The van der Waals surface area contributed by atoms with E-state index >= 15 is 0 Å². The molecule has 0 aliphatic carbocycles. The van der Waals surface area contributed by atoms with E-state index in [0.29, 0.717) is 18.4 Å². The van der Waals surface area contributed by atoms with Crippen LogP contribution in [-0.4, -0.2) is 22.7 Å². The molecule has 0 radical (unpaired) electrons. The zero-order valence-electron chi connectivity index (χ0n) is 16.3. The molecule has 138 valence electrons. The predicted octanol–water partition coefficient (Wildman–Crippen LogP) is 4.50. The SMILES string of the molecule is CC(C)C(C=NCC(C)c1cccc(CC(C)c2ccncc2)n1)=CN. The van der Waals surface area contributed by atoms with E-state index in [0.717, 1.165) is 23.4 Å². The number of hydrogen-bond donors (Lipinski definition) is 1. The molecule has 0 spiro atoms.